The van der Waals surface area contributed by atoms with Crippen LogP contribution in [0.5, 0.6) is 11.5 Å². The molecule has 0 amide bonds. The number of fused-ring (bicyclic) bond motifs is 1. The molecule has 5 heteroatoms. The molecule has 1 aliphatic rings. The monoisotopic (exact) mass is 280 g/mol. The lowest BCUT2D eigenvalue weighted by molar-refractivity contribution is 0.0694. The summed E-state index contributed by atoms with van der Waals surface area (Å²) in [7, 11) is 0. The Morgan fingerprint density at radius 1 is 1.50 bits per heavy atom. The van der Waals surface area contributed by atoms with Crippen LogP contribution in [-0.2, 0) is 6.42 Å². The maximum atomic E-state index is 11.2. The number of carboxylic acid groups (broad SMARTS) is 1. The molecule has 1 unspecified atom stereocenters. The van der Waals surface area contributed by atoms with Crippen LogP contribution in [0.2, 0.25) is 0 Å². The van der Waals surface area contributed by atoms with Crippen LogP contribution in [0.15, 0.2) is 12.1 Å². The lowest BCUT2D eigenvalue weighted by Gasteiger charge is -2.16. The van der Waals surface area contributed by atoms with Crippen LogP contribution in [-0.4, -0.2) is 35.0 Å². The largest absolute Gasteiger partial charge is 0.493 e. The van der Waals surface area contributed by atoms with Gasteiger partial charge in [-0.3, -0.25) is 0 Å². The summed E-state index contributed by atoms with van der Waals surface area (Å²) in [5.41, 5.74) is 0.679. The highest BCUT2D eigenvalue weighted by molar-refractivity contribution is 5.89. The summed E-state index contributed by atoms with van der Waals surface area (Å²) in [4.78, 5) is 11.2. The fourth-order valence-electron chi connectivity index (χ4n) is 2.18. The minimum Gasteiger partial charge on any atom is -0.493 e. The van der Waals surface area contributed by atoms with E-state index < -0.39 is 5.97 Å². The Hall–Kier alpha value is -1.75. The summed E-state index contributed by atoms with van der Waals surface area (Å²) in [6.45, 7) is 6.14. The standard InChI is InChI=1S/C15H20O5/c1-9(7-16)8-19-12-4-10(14(17)18)5-13-11(12)6-15(2,3)20-13/h4-5,9,16H,6-8H2,1-3H3,(H,17,18). The molecule has 0 fully saturated rings. The van der Waals surface area contributed by atoms with Gasteiger partial charge in [0.2, 0.25) is 0 Å². The average molecular weight is 280 g/mol. The van der Waals surface area contributed by atoms with Gasteiger partial charge in [-0.2, -0.15) is 0 Å². The molecule has 0 radical (unpaired) electrons. The number of carbonyl (C=O) groups is 1. The second-order valence-electron chi connectivity index (χ2n) is 5.89. The quantitative estimate of drug-likeness (QED) is 0.864. The van der Waals surface area contributed by atoms with Gasteiger partial charge in [-0.1, -0.05) is 6.92 Å². The SMILES string of the molecule is CC(CO)COc1cc(C(=O)O)cc2c1CC(C)(C)O2. The van der Waals surface area contributed by atoms with Crippen LogP contribution in [0, 0.1) is 5.92 Å². The maximum Gasteiger partial charge on any atom is 0.335 e. The number of aromatic carboxylic acids is 1. The molecule has 1 aromatic rings. The van der Waals surface area contributed by atoms with Crippen molar-refractivity contribution in [3.8, 4) is 11.5 Å². The lowest BCUT2D eigenvalue weighted by atomic mass is 10.00. The number of hydrogen-bond acceptors (Lipinski definition) is 4. The van der Waals surface area contributed by atoms with Crippen molar-refractivity contribution in [2.24, 2.45) is 5.92 Å². The third kappa shape index (κ3) is 3.04. The van der Waals surface area contributed by atoms with Crippen LogP contribution < -0.4 is 9.47 Å². The Labute approximate surface area is 118 Å². The molecule has 20 heavy (non-hydrogen) atoms. The highest BCUT2D eigenvalue weighted by Gasteiger charge is 2.33. The summed E-state index contributed by atoms with van der Waals surface area (Å²) in [6.07, 6.45) is 0.672. The van der Waals surface area contributed by atoms with Crippen molar-refractivity contribution in [1.29, 1.82) is 0 Å². The Morgan fingerprint density at radius 3 is 2.80 bits per heavy atom. The van der Waals surface area contributed by atoms with Crippen molar-refractivity contribution in [3.63, 3.8) is 0 Å². The van der Waals surface area contributed by atoms with E-state index in [2.05, 4.69) is 0 Å². The van der Waals surface area contributed by atoms with Crippen LogP contribution in [0.25, 0.3) is 0 Å². The number of aliphatic hydroxyl groups excluding tert-OH is 1. The van der Waals surface area contributed by atoms with Crippen LogP contribution >= 0.6 is 0 Å². The van der Waals surface area contributed by atoms with Gasteiger partial charge in [-0.15, -0.1) is 0 Å². The molecular weight excluding hydrogens is 260 g/mol. The first-order valence-corrected chi connectivity index (χ1v) is 6.65. The average Bonchev–Trinajstić information content (AvgIpc) is 2.69. The summed E-state index contributed by atoms with van der Waals surface area (Å²) >= 11 is 0. The Balaban J connectivity index is 2.33. The third-order valence-electron chi connectivity index (χ3n) is 3.24. The molecule has 0 aliphatic carbocycles. The second kappa shape index (κ2) is 5.32. The molecule has 0 spiro atoms. The van der Waals surface area contributed by atoms with Gasteiger partial charge in [0.25, 0.3) is 0 Å². The van der Waals surface area contributed by atoms with E-state index in [-0.39, 0.29) is 23.7 Å². The fraction of sp³-hybridized carbons (Fsp3) is 0.533. The summed E-state index contributed by atoms with van der Waals surface area (Å²) in [5.74, 6) is 0.0861. The first kappa shape index (κ1) is 14.7. The van der Waals surface area contributed by atoms with Gasteiger partial charge in [0.05, 0.1) is 12.2 Å². The Kier molecular flexibility index (Phi) is 3.90. The number of hydrogen-bond donors (Lipinski definition) is 2. The van der Waals surface area contributed by atoms with Crippen molar-refractivity contribution in [3.05, 3.63) is 23.3 Å². The maximum absolute atomic E-state index is 11.2. The predicted molar refractivity (Wildman–Crippen MR) is 73.6 cm³/mol. The van der Waals surface area contributed by atoms with E-state index >= 15 is 0 Å². The van der Waals surface area contributed by atoms with E-state index in [0.29, 0.717) is 24.5 Å². The van der Waals surface area contributed by atoms with Crippen molar-refractivity contribution >= 4 is 5.97 Å². The zero-order valence-corrected chi connectivity index (χ0v) is 12.0. The molecule has 110 valence electrons. The topological polar surface area (TPSA) is 76.0 Å². The smallest absolute Gasteiger partial charge is 0.335 e. The van der Waals surface area contributed by atoms with Gasteiger partial charge in [-0.05, 0) is 26.0 Å². The minimum atomic E-state index is -1.01. The third-order valence-corrected chi connectivity index (χ3v) is 3.24. The van der Waals surface area contributed by atoms with Crippen molar-refractivity contribution in [2.75, 3.05) is 13.2 Å². The molecule has 2 N–H and O–H groups in total. The highest BCUT2D eigenvalue weighted by Crippen LogP contribution is 2.41. The Bertz CT molecular complexity index is 521. The van der Waals surface area contributed by atoms with Crippen molar-refractivity contribution < 1.29 is 24.5 Å². The summed E-state index contributed by atoms with van der Waals surface area (Å²) in [5, 5.41) is 18.2. The van der Waals surface area contributed by atoms with Crippen molar-refractivity contribution in [2.45, 2.75) is 32.8 Å². The van der Waals surface area contributed by atoms with E-state index in [0.717, 1.165) is 5.56 Å². The fourth-order valence-corrected chi connectivity index (χ4v) is 2.18. The first-order chi connectivity index (χ1) is 9.32. The zero-order valence-electron chi connectivity index (χ0n) is 12.0. The molecular formula is C15H20O5. The van der Waals surface area contributed by atoms with E-state index in [1.165, 1.54) is 12.1 Å². The lowest BCUT2D eigenvalue weighted by Crippen LogP contribution is -2.24. The van der Waals surface area contributed by atoms with Crippen LogP contribution in [0.4, 0.5) is 0 Å². The number of ether oxygens (including phenoxy) is 2. The highest BCUT2D eigenvalue weighted by atomic mass is 16.5. The number of carboxylic acids is 1. The van der Waals surface area contributed by atoms with E-state index in [9.17, 15) is 4.79 Å². The van der Waals surface area contributed by atoms with E-state index in [1.807, 2.05) is 20.8 Å². The number of benzene rings is 1. The Morgan fingerprint density at radius 2 is 2.20 bits per heavy atom. The number of rotatable bonds is 5. The van der Waals surface area contributed by atoms with E-state index in [1.54, 1.807) is 0 Å². The van der Waals surface area contributed by atoms with Gasteiger partial charge < -0.3 is 19.7 Å². The predicted octanol–water partition coefficient (Wildman–Crippen LogP) is 2.11. The van der Waals surface area contributed by atoms with Crippen LogP contribution in [0.1, 0.15) is 36.7 Å². The molecule has 0 aromatic heterocycles. The van der Waals surface area contributed by atoms with E-state index in [4.69, 9.17) is 19.7 Å². The van der Waals surface area contributed by atoms with Gasteiger partial charge in [0.15, 0.2) is 0 Å². The molecule has 2 rings (SSSR count). The molecule has 1 heterocycles. The molecule has 5 nitrogen and oxygen atoms in total. The first-order valence-electron chi connectivity index (χ1n) is 6.65. The van der Waals surface area contributed by atoms with Crippen LogP contribution in [0.3, 0.4) is 0 Å². The molecule has 1 aliphatic heterocycles. The molecule has 0 saturated carbocycles. The normalized spacial score (nSPS) is 17.2. The molecule has 0 saturated heterocycles. The van der Waals surface area contributed by atoms with Gasteiger partial charge in [0, 0.05) is 24.5 Å². The van der Waals surface area contributed by atoms with Gasteiger partial charge in [-0.25, -0.2) is 4.79 Å². The summed E-state index contributed by atoms with van der Waals surface area (Å²) in [6, 6.07) is 3.06. The number of aliphatic hydroxyl groups is 1. The molecule has 1 atom stereocenters. The zero-order chi connectivity index (χ0) is 14.9. The van der Waals surface area contributed by atoms with Gasteiger partial charge >= 0.3 is 5.97 Å². The second-order valence-corrected chi connectivity index (χ2v) is 5.89. The molecule has 1 aromatic carbocycles. The van der Waals surface area contributed by atoms with Crippen molar-refractivity contribution in [1.82, 2.24) is 0 Å². The van der Waals surface area contributed by atoms with Gasteiger partial charge in [0.1, 0.15) is 17.1 Å². The molecule has 0 bridgehead atoms. The minimum absolute atomic E-state index is 0.00512. The summed E-state index contributed by atoms with van der Waals surface area (Å²) < 4.78 is 11.4.